The highest BCUT2D eigenvalue weighted by Crippen LogP contribution is 2.75. The lowest BCUT2D eigenvalue weighted by Crippen LogP contribution is -2.81. The van der Waals surface area contributed by atoms with Crippen LogP contribution in [0, 0.1) is 39.9 Å². The van der Waals surface area contributed by atoms with Crippen LogP contribution in [-0.2, 0) is 15.9 Å². The molecule has 1 aromatic carbocycles. The Hall–Kier alpha value is -1.53. The molecule has 8 N–H and O–H groups in total. The summed E-state index contributed by atoms with van der Waals surface area (Å²) in [4.78, 5) is 8.05. The van der Waals surface area contributed by atoms with E-state index in [-0.39, 0.29) is 32.5 Å². The summed E-state index contributed by atoms with van der Waals surface area (Å²) in [6, 6.07) is 4.45. The molecular weight excluding hydrogens is 589 g/mol. The molecule has 4 fully saturated rings. The summed E-state index contributed by atoms with van der Waals surface area (Å²) in [5.74, 6) is 2.52. The zero-order chi connectivity index (χ0) is 33.4. The highest BCUT2D eigenvalue weighted by atomic mass is 32.2. The van der Waals surface area contributed by atoms with E-state index >= 15 is 0 Å². The van der Waals surface area contributed by atoms with Crippen LogP contribution in [0.4, 0.5) is 18.9 Å². The standard InChI is InChI=1S/C25H47N3.C7H6F3NO2S.CH2O/c1-6-18-15-25(28)20-10-9-19(17(2)16-26)21(20,3)13-14-23(25,5)22(4)11-7-8-12-24(18,22)27;8-7(9,10)11-5-1-3-6(4-2-5)14(12)13;1-2/h17-20H,6-16,26-28H2,1-5H3;1-4,11H,(H,12,13);1H2/t17-,18+,19?,20?,21?,22?,23?,24?,25?;;/m1../s1. The van der Waals surface area contributed by atoms with Crippen LogP contribution in [0.1, 0.15) is 98.8 Å². The molecule has 252 valence electrons. The van der Waals surface area contributed by atoms with Gasteiger partial charge in [0.2, 0.25) is 0 Å². The van der Waals surface area contributed by atoms with Crippen LogP contribution in [0.2, 0.25) is 0 Å². The number of halogens is 3. The molecule has 8 unspecified atom stereocenters. The topological polar surface area (TPSA) is 144 Å². The summed E-state index contributed by atoms with van der Waals surface area (Å²) in [7, 11) is 0. The van der Waals surface area contributed by atoms with Crippen molar-refractivity contribution in [1.82, 2.24) is 0 Å². The van der Waals surface area contributed by atoms with Gasteiger partial charge in [-0.3, -0.25) is 5.32 Å². The van der Waals surface area contributed by atoms with E-state index in [1.165, 1.54) is 63.1 Å². The van der Waals surface area contributed by atoms with Crippen LogP contribution in [0.3, 0.4) is 0 Å². The summed E-state index contributed by atoms with van der Waals surface area (Å²) in [5, 5.41) is 1.27. The van der Waals surface area contributed by atoms with Gasteiger partial charge in [0, 0.05) is 16.8 Å². The number of anilines is 1. The Morgan fingerprint density at radius 3 is 2.09 bits per heavy atom. The molecule has 4 saturated carbocycles. The average Bonchev–Trinajstić information content (AvgIpc) is 3.33. The van der Waals surface area contributed by atoms with Crippen molar-refractivity contribution < 1.29 is 26.7 Å². The van der Waals surface area contributed by atoms with Crippen molar-refractivity contribution >= 4 is 23.6 Å². The Kier molecular flexibility index (Phi) is 11.2. The van der Waals surface area contributed by atoms with Crippen molar-refractivity contribution in [2.45, 2.75) is 121 Å². The first-order valence-electron chi connectivity index (χ1n) is 16.0. The largest absolute Gasteiger partial charge is 0.482 e. The molecule has 5 rings (SSSR count). The number of alkyl halides is 3. The summed E-state index contributed by atoms with van der Waals surface area (Å²) in [6.07, 6.45) is 8.06. The third kappa shape index (κ3) is 6.00. The summed E-state index contributed by atoms with van der Waals surface area (Å²) in [6.45, 7) is 15.2. The molecule has 7 nitrogen and oxygen atoms in total. The van der Waals surface area contributed by atoms with Gasteiger partial charge in [-0.2, -0.15) is 13.2 Å². The van der Waals surface area contributed by atoms with E-state index < -0.39 is 17.4 Å². The molecule has 0 aliphatic heterocycles. The number of rotatable bonds is 5. The van der Waals surface area contributed by atoms with Crippen molar-refractivity contribution in [1.29, 1.82) is 0 Å². The maximum Gasteiger partial charge on any atom is 0.482 e. The molecule has 4 aliphatic carbocycles. The van der Waals surface area contributed by atoms with Crippen molar-refractivity contribution in [2.75, 3.05) is 11.9 Å². The van der Waals surface area contributed by atoms with Gasteiger partial charge in [0.25, 0.3) is 0 Å². The molecule has 0 amide bonds. The van der Waals surface area contributed by atoms with E-state index in [1.807, 2.05) is 6.79 Å². The maximum absolute atomic E-state index is 11.8. The molecule has 0 spiro atoms. The normalized spacial score (nSPS) is 40.9. The molecule has 0 aromatic heterocycles. The number of fused-ring (bicyclic) bond motifs is 5. The number of benzene rings is 1. The summed E-state index contributed by atoms with van der Waals surface area (Å²) in [5.41, 5.74) is 21.6. The Bertz CT molecular complexity index is 1160. The number of nitrogens with two attached hydrogens (primary N) is 3. The van der Waals surface area contributed by atoms with Crippen LogP contribution >= 0.6 is 0 Å². The molecule has 10 atom stereocenters. The number of carbonyl (C=O) groups is 1. The van der Waals surface area contributed by atoms with Crippen molar-refractivity contribution in [3.63, 3.8) is 0 Å². The molecule has 44 heavy (non-hydrogen) atoms. The van der Waals surface area contributed by atoms with Crippen molar-refractivity contribution in [3.05, 3.63) is 24.3 Å². The molecule has 1 aromatic rings. The van der Waals surface area contributed by atoms with Crippen molar-refractivity contribution in [3.8, 4) is 0 Å². The second-order valence-electron chi connectivity index (χ2n) is 14.6. The van der Waals surface area contributed by atoms with E-state index in [0.717, 1.165) is 43.1 Å². The van der Waals surface area contributed by atoms with Crippen LogP contribution in [0.5, 0.6) is 0 Å². The predicted molar refractivity (Wildman–Crippen MR) is 171 cm³/mol. The highest BCUT2D eigenvalue weighted by Gasteiger charge is 2.75. The van der Waals surface area contributed by atoms with Gasteiger partial charge >= 0.3 is 6.30 Å². The Labute approximate surface area is 264 Å². The third-order valence-corrected chi connectivity index (χ3v) is 13.9. The highest BCUT2D eigenvalue weighted by molar-refractivity contribution is 7.79. The Morgan fingerprint density at radius 1 is 1.00 bits per heavy atom. The number of hydrogen-bond acceptors (Lipinski definition) is 6. The second-order valence-corrected chi connectivity index (χ2v) is 15.6. The van der Waals surface area contributed by atoms with Gasteiger partial charge in [0.1, 0.15) is 6.79 Å². The summed E-state index contributed by atoms with van der Waals surface area (Å²) < 4.78 is 54.4. The smallest absolute Gasteiger partial charge is 0.330 e. The summed E-state index contributed by atoms with van der Waals surface area (Å²) >= 11 is -2.17. The van der Waals surface area contributed by atoms with E-state index in [0.29, 0.717) is 23.2 Å². The first kappa shape index (κ1) is 36.9. The lowest BCUT2D eigenvalue weighted by atomic mass is 9.32. The predicted octanol–water partition coefficient (Wildman–Crippen LogP) is 6.83. The zero-order valence-corrected chi connectivity index (χ0v) is 28.0. The van der Waals surface area contributed by atoms with Crippen LogP contribution < -0.4 is 22.5 Å². The third-order valence-electron chi connectivity index (χ3n) is 13.2. The number of nitrogens with one attached hydrogen (secondary N) is 1. The second kappa shape index (κ2) is 13.3. The molecule has 0 bridgehead atoms. The number of hydrogen-bond donors (Lipinski definition) is 5. The lowest BCUT2D eigenvalue weighted by molar-refractivity contribution is -0.217. The lowest BCUT2D eigenvalue weighted by Gasteiger charge is -2.75. The van der Waals surface area contributed by atoms with Gasteiger partial charge in [-0.15, -0.1) is 0 Å². The SMILES string of the molecule is C=O.CC[C@H]1CC2(N)C3CCC([C@H](C)CN)C3(C)CCC2(C)C2(C)CCCCC12N.O=S(O)c1ccc(NC(F)(F)F)cc1. The molecule has 0 saturated heterocycles. The fourth-order valence-electron chi connectivity index (χ4n) is 10.6. The first-order chi connectivity index (χ1) is 20.4. The number of carbonyl (C=O) groups excluding carboxylic acids is 1. The van der Waals surface area contributed by atoms with Crippen LogP contribution in [0.15, 0.2) is 29.2 Å². The van der Waals surface area contributed by atoms with Gasteiger partial charge in [0.15, 0.2) is 11.1 Å². The van der Waals surface area contributed by atoms with Gasteiger partial charge in [-0.1, -0.05) is 53.9 Å². The van der Waals surface area contributed by atoms with Crippen LogP contribution in [-0.4, -0.2) is 39.5 Å². The van der Waals surface area contributed by atoms with Crippen LogP contribution in [0.25, 0.3) is 0 Å². The van der Waals surface area contributed by atoms with Gasteiger partial charge in [-0.25, -0.2) is 4.21 Å². The average molecular weight is 645 g/mol. The van der Waals surface area contributed by atoms with Gasteiger partial charge in [-0.05, 0) is 116 Å². The Balaban J connectivity index is 0.000000279. The van der Waals surface area contributed by atoms with Gasteiger partial charge in [0.05, 0.1) is 4.90 Å². The fourth-order valence-corrected chi connectivity index (χ4v) is 11.0. The zero-order valence-electron chi connectivity index (χ0n) is 27.1. The van der Waals surface area contributed by atoms with E-state index in [1.54, 1.807) is 0 Å². The molecule has 4 aliphatic rings. The molecular formula is C33H55F3N4O3S. The van der Waals surface area contributed by atoms with Gasteiger partial charge < -0.3 is 26.5 Å². The first-order valence-corrected chi connectivity index (χ1v) is 17.2. The van der Waals surface area contributed by atoms with E-state index in [9.17, 15) is 17.4 Å². The van der Waals surface area contributed by atoms with E-state index in [2.05, 4.69) is 34.6 Å². The van der Waals surface area contributed by atoms with Crippen molar-refractivity contribution in [2.24, 2.45) is 57.1 Å². The molecule has 0 radical (unpaired) electrons. The quantitative estimate of drug-likeness (QED) is 0.174. The molecule has 11 heteroatoms. The maximum atomic E-state index is 11.8. The minimum Gasteiger partial charge on any atom is -0.330 e. The Morgan fingerprint density at radius 2 is 1.57 bits per heavy atom. The van der Waals surface area contributed by atoms with E-state index in [4.69, 9.17) is 26.5 Å². The molecule has 0 heterocycles. The fraction of sp³-hybridized carbons (Fsp3) is 0.788. The minimum absolute atomic E-state index is 0.0338. The minimum atomic E-state index is -4.50. The monoisotopic (exact) mass is 644 g/mol.